The number of rotatable bonds is 8. The molecule has 2 heterocycles. The maximum absolute atomic E-state index is 13.7. The van der Waals surface area contributed by atoms with Gasteiger partial charge < -0.3 is 19.8 Å². The monoisotopic (exact) mass is 550 g/mol. The van der Waals surface area contributed by atoms with Gasteiger partial charge in [-0.1, -0.05) is 29.8 Å². The average Bonchev–Trinajstić information content (AvgIpc) is 2.86. The van der Waals surface area contributed by atoms with Crippen LogP contribution in [0.1, 0.15) is 67.2 Å². The van der Waals surface area contributed by atoms with Gasteiger partial charge in [-0.2, -0.15) is 0 Å². The lowest BCUT2D eigenvalue weighted by Gasteiger charge is -2.26. The molecule has 2 unspecified atom stereocenters. The summed E-state index contributed by atoms with van der Waals surface area (Å²) < 4.78 is 13.5. The molecular formula is C31H35ClN2O5. The third kappa shape index (κ3) is 7.24. The summed E-state index contributed by atoms with van der Waals surface area (Å²) in [5.74, 6) is -0.665. The predicted octanol–water partition coefficient (Wildman–Crippen LogP) is 5.29. The smallest absolute Gasteiger partial charge is 0.251 e. The van der Waals surface area contributed by atoms with Gasteiger partial charge in [-0.15, -0.1) is 0 Å². The first kappa shape index (κ1) is 28.7. The quantitative estimate of drug-likeness (QED) is 0.411. The van der Waals surface area contributed by atoms with Crippen molar-refractivity contribution in [2.75, 3.05) is 6.61 Å². The molecular weight excluding hydrogens is 516 g/mol. The van der Waals surface area contributed by atoms with Gasteiger partial charge in [0.25, 0.3) is 5.56 Å². The number of hydrogen-bond acceptors (Lipinski definition) is 5. The van der Waals surface area contributed by atoms with Gasteiger partial charge in [0.2, 0.25) is 5.91 Å². The van der Waals surface area contributed by atoms with Gasteiger partial charge in [-0.25, -0.2) is 0 Å². The Bertz CT molecular complexity index is 1420. The molecule has 39 heavy (non-hydrogen) atoms. The van der Waals surface area contributed by atoms with Crippen LogP contribution in [0.15, 0.2) is 59.5 Å². The number of nitrogens with zero attached hydrogens (tertiary/aromatic N) is 1. The fraction of sp³-hybridized carbons (Fsp3) is 0.387. The number of carbonyl (C=O) groups excluding carboxylic acids is 2. The van der Waals surface area contributed by atoms with Crippen molar-refractivity contribution in [2.24, 2.45) is 5.73 Å². The Balaban J connectivity index is 1.73. The molecule has 1 aliphatic heterocycles. The van der Waals surface area contributed by atoms with Gasteiger partial charge in [0.05, 0.1) is 24.4 Å². The molecule has 0 spiro atoms. The largest absolute Gasteiger partial charge is 0.376 e. The molecule has 1 aliphatic rings. The van der Waals surface area contributed by atoms with Gasteiger partial charge >= 0.3 is 0 Å². The SMILES string of the molecule is CC1Cc2ccc(Cl)cc2-c2cc(=O)n(C(CCOC(C)(C)C)C(=O)Cc3ccc(C(N)=O)cc3)cc2CO1. The number of hydrogen-bond donors (Lipinski definition) is 1. The Morgan fingerprint density at radius 2 is 1.79 bits per heavy atom. The van der Waals surface area contributed by atoms with Crippen LogP contribution in [0.3, 0.4) is 0 Å². The maximum Gasteiger partial charge on any atom is 0.251 e. The van der Waals surface area contributed by atoms with Crippen LogP contribution in [0.2, 0.25) is 5.02 Å². The molecule has 4 rings (SSSR count). The Morgan fingerprint density at radius 1 is 1.10 bits per heavy atom. The summed E-state index contributed by atoms with van der Waals surface area (Å²) in [4.78, 5) is 38.7. The second-order valence-electron chi connectivity index (χ2n) is 11.1. The lowest BCUT2D eigenvalue weighted by atomic mass is 9.92. The first-order valence-corrected chi connectivity index (χ1v) is 13.5. The number of Topliss-reactive ketones (excluding diaryl/α,β-unsaturated/α-hetero) is 1. The van der Waals surface area contributed by atoms with E-state index in [0.29, 0.717) is 36.6 Å². The number of aromatic nitrogens is 1. The topological polar surface area (TPSA) is 101 Å². The Labute approximate surface area is 233 Å². The molecule has 2 atom stereocenters. The summed E-state index contributed by atoms with van der Waals surface area (Å²) in [6.07, 6.45) is 2.84. The Kier molecular flexibility index (Phi) is 8.74. The summed E-state index contributed by atoms with van der Waals surface area (Å²) in [5, 5.41) is 0.591. The van der Waals surface area contributed by atoms with E-state index in [-0.39, 0.29) is 29.5 Å². The predicted molar refractivity (Wildman–Crippen MR) is 152 cm³/mol. The van der Waals surface area contributed by atoms with Gasteiger partial charge in [0, 0.05) is 41.4 Å². The molecule has 0 bridgehead atoms. The highest BCUT2D eigenvalue weighted by Crippen LogP contribution is 2.33. The van der Waals surface area contributed by atoms with Gasteiger partial charge in [0.1, 0.15) is 0 Å². The first-order chi connectivity index (χ1) is 18.4. The van der Waals surface area contributed by atoms with Crippen molar-refractivity contribution in [3.8, 4) is 11.1 Å². The number of primary amides is 1. The summed E-state index contributed by atoms with van der Waals surface area (Å²) in [6.45, 7) is 8.46. The van der Waals surface area contributed by atoms with Crippen LogP contribution in [-0.2, 0) is 33.7 Å². The van der Waals surface area contributed by atoms with Crippen LogP contribution in [0, 0.1) is 0 Å². The number of carbonyl (C=O) groups is 2. The molecule has 8 heteroatoms. The van der Waals surface area contributed by atoms with Crippen molar-refractivity contribution >= 4 is 23.3 Å². The molecule has 3 aromatic rings. The molecule has 0 fully saturated rings. The fourth-order valence-electron chi connectivity index (χ4n) is 4.82. The van der Waals surface area contributed by atoms with Crippen molar-refractivity contribution in [1.82, 2.24) is 4.57 Å². The van der Waals surface area contributed by atoms with E-state index < -0.39 is 11.9 Å². The van der Waals surface area contributed by atoms with Crippen LogP contribution in [0.25, 0.3) is 11.1 Å². The molecule has 206 valence electrons. The zero-order valence-electron chi connectivity index (χ0n) is 22.8. The van der Waals surface area contributed by atoms with Gasteiger partial charge in [-0.3, -0.25) is 14.4 Å². The summed E-state index contributed by atoms with van der Waals surface area (Å²) in [6, 6.07) is 13.1. The number of nitrogens with two attached hydrogens (primary N) is 1. The minimum absolute atomic E-state index is 0.0283. The number of pyridine rings is 1. The van der Waals surface area contributed by atoms with Gasteiger partial charge in [-0.05, 0) is 87.1 Å². The summed E-state index contributed by atoms with van der Waals surface area (Å²) in [5.41, 5.74) is 9.30. The maximum atomic E-state index is 13.7. The third-order valence-corrected chi connectivity index (χ3v) is 7.04. The van der Waals surface area contributed by atoms with Crippen molar-refractivity contribution in [2.45, 2.75) is 71.3 Å². The van der Waals surface area contributed by atoms with Crippen LogP contribution in [0.5, 0.6) is 0 Å². The van der Waals surface area contributed by atoms with Crippen molar-refractivity contribution < 1.29 is 19.1 Å². The number of halogens is 1. The van der Waals surface area contributed by atoms with Crippen molar-refractivity contribution in [3.63, 3.8) is 0 Å². The van der Waals surface area contributed by atoms with Gasteiger partial charge in [0.15, 0.2) is 5.78 Å². The lowest BCUT2D eigenvalue weighted by Crippen LogP contribution is -2.33. The molecule has 0 aliphatic carbocycles. The molecule has 0 radical (unpaired) electrons. The van der Waals surface area contributed by atoms with E-state index in [1.165, 1.54) is 4.57 Å². The van der Waals surface area contributed by atoms with E-state index in [0.717, 1.165) is 27.8 Å². The van der Waals surface area contributed by atoms with E-state index >= 15 is 0 Å². The molecule has 2 N–H and O–H groups in total. The number of amides is 1. The molecule has 0 saturated carbocycles. The Hall–Kier alpha value is -3.26. The minimum atomic E-state index is -0.748. The summed E-state index contributed by atoms with van der Waals surface area (Å²) in [7, 11) is 0. The van der Waals surface area contributed by atoms with Crippen LogP contribution < -0.4 is 11.3 Å². The number of fused-ring (bicyclic) bond motifs is 3. The highest BCUT2D eigenvalue weighted by Gasteiger charge is 2.26. The average molecular weight is 551 g/mol. The van der Waals surface area contributed by atoms with E-state index in [4.69, 9.17) is 26.8 Å². The minimum Gasteiger partial charge on any atom is -0.376 e. The normalized spacial score (nSPS) is 16.0. The second-order valence-corrected chi connectivity index (χ2v) is 11.5. The third-order valence-electron chi connectivity index (χ3n) is 6.81. The molecule has 1 aromatic heterocycles. The highest BCUT2D eigenvalue weighted by molar-refractivity contribution is 6.30. The standard InChI is InChI=1S/C31H35ClN2O5/c1-19-13-22-9-10-24(32)15-25(22)26-16-29(36)34(17-23(26)18-38-19)27(11-12-39-31(2,3)4)28(35)14-20-5-7-21(8-6-20)30(33)37/h5-10,15-17,19,27H,11-14,18H2,1-4H3,(H2,33,37). The van der Waals surface area contributed by atoms with Crippen molar-refractivity contribution in [3.05, 3.63) is 92.4 Å². The summed E-state index contributed by atoms with van der Waals surface area (Å²) >= 11 is 6.34. The van der Waals surface area contributed by atoms with E-state index in [1.807, 2.05) is 45.9 Å². The van der Waals surface area contributed by atoms with Crippen LogP contribution >= 0.6 is 11.6 Å². The zero-order chi connectivity index (χ0) is 28.3. The highest BCUT2D eigenvalue weighted by atomic mass is 35.5. The van der Waals surface area contributed by atoms with E-state index in [2.05, 4.69) is 0 Å². The second kappa shape index (κ2) is 11.9. The molecule has 2 aromatic carbocycles. The molecule has 0 saturated heterocycles. The molecule has 7 nitrogen and oxygen atoms in total. The number of ketones is 1. The fourth-order valence-corrected chi connectivity index (χ4v) is 4.99. The lowest BCUT2D eigenvalue weighted by molar-refractivity contribution is -0.122. The van der Waals surface area contributed by atoms with Crippen LogP contribution in [0.4, 0.5) is 0 Å². The number of benzene rings is 2. The Morgan fingerprint density at radius 3 is 2.46 bits per heavy atom. The van der Waals surface area contributed by atoms with E-state index in [1.54, 1.807) is 36.5 Å². The zero-order valence-corrected chi connectivity index (χ0v) is 23.6. The van der Waals surface area contributed by atoms with Crippen molar-refractivity contribution in [1.29, 1.82) is 0 Å². The molecule has 1 amide bonds. The van der Waals surface area contributed by atoms with E-state index in [9.17, 15) is 14.4 Å². The number of ether oxygens (including phenoxy) is 2. The first-order valence-electron chi connectivity index (χ1n) is 13.1. The van der Waals surface area contributed by atoms with Crippen LogP contribution in [-0.4, -0.2) is 34.6 Å².